The van der Waals surface area contributed by atoms with E-state index in [4.69, 9.17) is 4.98 Å². The van der Waals surface area contributed by atoms with Crippen LogP contribution in [-0.2, 0) is 5.41 Å². The SMILES string of the molecule is c1ccc([Si](c2ccccc2)(c2ccccc2)c2ccc(-c3nc4ccccc4c4c5c(ccc34)C3(c4ccccc4-c4ccccc43)c3ccccc3-5)cc2)cc1. The van der Waals surface area contributed by atoms with E-state index in [1.807, 2.05) is 0 Å². The van der Waals surface area contributed by atoms with Gasteiger partial charge in [-0.25, -0.2) is 4.98 Å². The molecule has 0 radical (unpaired) electrons. The van der Waals surface area contributed by atoms with Gasteiger partial charge in [0.2, 0.25) is 0 Å². The lowest BCUT2D eigenvalue weighted by molar-refractivity contribution is 0.794. The van der Waals surface area contributed by atoms with E-state index in [1.165, 1.54) is 81.4 Å². The Bertz CT molecular complexity index is 3070. The third-order valence-corrected chi connectivity index (χ3v) is 17.8. The fourth-order valence-electron chi connectivity index (χ4n) is 10.8. The Morgan fingerprint density at radius 3 is 1.34 bits per heavy atom. The van der Waals surface area contributed by atoms with Crippen molar-refractivity contribution in [1.29, 1.82) is 0 Å². The molecule has 270 valence electrons. The monoisotopic (exact) mass is 751 g/mol. The lowest BCUT2D eigenvalue weighted by Crippen LogP contribution is -2.74. The second-order valence-corrected chi connectivity index (χ2v) is 19.5. The zero-order chi connectivity index (χ0) is 38.3. The second-order valence-electron chi connectivity index (χ2n) is 15.7. The number of hydrogen-bond acceptors (Lipinski definition) is 1. The van der Waals surface area contributed by atoms with Gasteiger partial charge in [0.05, 0.1) is 16.6 Å². The molecule has 0 bridgehead atoms. The van der Waals surface area contributed by atoms with Crippen LogP contribution in [0.2, 0.25) is 0 Å². The minimum Gasteiger partial charge on any atom is -0.247 e. The average Bonchev–Trinajstić information content (AvgIpc) is 3.78. The van der Waals surface area contributed by atoms with Crippen LogP contribution < -0.4 is 20.7 Å². The lowest BCUT2D eigenvalue weighted by atomic mass is 9.70. The molecular weight excluding hydrogens is 715 g/mol. The number of rotatable bonds is 5. The highest BCUT2D eigenvalue weighted by Gasteiger charge is 2.52. The standard InChI is InChI=1S/C56H37NSi/c1-4-18-39(19-5-1)58(40-20-6-2-7-21-40,41-22-8-3-9-23-41)42-34-32-38(33-35-42)55-47-36-37-51-54(53(47)46-27-13-17-31-52(46)57-55)45-26-12-16-30-50(45)56(51)48-28-14-10-24-43(48)44-25-11-15-29-49(44)56/h1-37H. The van der Waals surface area contributed by atoms with Crippen LogP contribution in [0, 0.1) is 0 Å². The van der Waals surface area contributed by atoms with Crippen molar-refractivity contribution < 1.29 is 0 Å². The predicted octanol–water partition coefficient (Wildman–Crippen LogP) is 10.8. The molecule has 0 fully saturated rings. The molecule has 0 saturated carbocycles. The third-order valence-electron chi connectivity index (χ3n) is 13.0. The van der Waals surface area contributed by atoms with Gasteiger partial charge in [0.25, 0.3) is 0 Å². The molecular formula is C56H37NSi. The van der Waals surface area contributed by atoms with Crippen molar-refractivity contribution in [3.8, 4) is 33.5 Å². The number of hydrogen-bond donors (Lipinski definition) is 0. The summed E-state index contributed by atoms with van der Waals surface area (Å²) in [7, 11) is -2.67. The van der Waals surface area contributed by atoms with Crippen molar-refractivity contribution in [2.75, 3.05) is 0 Å². The molecule has 0 atom stereocenters. The van der Waals surface area contributed by atoms with Crippen molar-refractivity contribution in [3.63, 3.8) is 0 Å². The van der Waals surface area contributed by atoms with Crippen molar-refractivity contribution >= 4 is 50.5 Å². The number of aromatic nitrogens is 1. The molecule has 1 nitrogen and oxygen atoms in total. The van der Waals surface area contributed by atoms with E-state index < -0.39 is 13.5 Å². The number of benzene rings is 9. The summed E-state index contributed by atoms with van der Waals surface area (Å²) in [6.45, 7) is 0. The van der Waals surface area contributed by atoms with E-state index in [9.17, 15) is 0 Å². The molecule has 0 aliphatic heterocycles. The molecule has 1 spiro atoms. The number of pyridine rings is 1. The summed E-state index contributed by atoms with van der Waals surface area (Å²) in [6, 6.07) is 83.6. The summed E-state index contributed by atoms with van der Waals surface area (Å²) in [6.07, 6.45) is 0. The molecule has 1 aromatic heterocycles. The Labute approximate surface area is 339 Å². The summed E-state index contributed by atoms with van der Waals surface area (Å²) in [5, 5.41) is 9.09. The Morgan fingerprint density at radius 1 is 0.328 bits per heavy atom. The van der Waals surface area contributed by atoms with Gasteiger partial charge in [0.15, 0.2) is 8.07 Å². The minimum atomic E-state index is -2.67. The van der Waals surface area contributed by atoms with Crippen LogP contribution in [0.5, 0.6) is 0 Å². The van der Waals surface area contributed by atoms with Gasteiger partial charge in [-0.2, -0.15) is 0 Å². The predicted molar refractivity (Wildman–Crippen MR) is 245 cm³/mol. The van der Waals surface area contributed by atoms with E-state index in [1.54, 1.807) is 0 Å². The first-order valence-electron chi connectivity index (χ1n) is 20.2. The number of fused-ring (bicyclic) bond motifs is 14. The lowest BCUT2D eigenvalue weighted by Gasteiger charge is -2.34. The van der Waals surface area contributed by atoms with Crippen LogP contribution in [0.1, 0.15) is 22.3 Å². The molecule has 0 amide bonds. The highest BCUT2D eigenvalue weighted by atomic mass is 28.3. The summed E-state index contributed by atoms with van der Waals surface area (Å²) in [5.41, 5.74) is 13.4. The van der Waals surface area contributed by atoms with Crippen molar-refractivity contribution in [2.24, 2.45) is 0 Å². The molecule has 10 aromatic rings. The van der Waals surface area contributed by atoms with Gasteiger partial charge in [0, 0.05) is 21.7 Å². The molecule has 1 heterocycles. The van der Waals surface area contributed by atoms with Crippen LogP contribution in [-0.4, -0.2) is 13.1 Å². The minimum absolute atomic E-state index is 0.403. The summed E-state index contributed by atoms with van der Waals surface area (Å²) >= 11 is 0. The van der Waals surface area contributed by atoms with Gasteiger partial charge in [-0.3, -0.25) is 0 Å². The number of nitrogens with zero attached hydrogens (tertiary/aromatic N) is 1. The highest BCUT2D eigenvalue weighted by Crippen LogP contribution is 2.64. The molecule has 2 aliphatic carbocycles. The fourth-order valence-corrected chi connectivity index (χ4v) is 15.5. The molecule has 12 rings (SSSR count). The zero-order valence-corrected chi connectivity index (χ0v) is 32.8. The zero-order valence-electron chi connectivity index (χ0n) is 31.8. The maximum absolute atomic E-state index is 5.49. The fraction of sp³-hybridized carbons (Fsp3) is 0.0179. The van der Waals surface area contributed by atoms with Gasteiger partial charge in [-0.1, -0.05) is 218 Å². The van der Waals surface area contributed by atoms with Crippen LogP contribution in [0.4, 0.5) is 0 Å². The Balaban J connectivity index is 1.12. The Morgan fingerprint density at radius 2 is 0.776 bits per heavy atom. The first kappa shape index (κ1) is 33.0. The van der Waals surface area contributed by atoms with Gasteiger partial charge in [-0.05, 0) is 71.3 Å². The molecule has 0 N–H and O–H groups in total. The van der Waals surface area contributed by atoms with Gasteiger partial charge < -0.3 is 0 Å². The quantitative estimate of drug-likeness (QED) is 0.0970. The topological polar surface area (TPSA) is 12.9 Å². The van der Waals surface area contributed by atoms with Crippen molar-refractivity contribution in [1.82, 2.24) is 4.98 Å². The van der Waals surface area contributed by atoms with Crippen molar-refractivity contribution in [2.45, 2.75) is 5.41 Å². The van der Waals surface area contributed by atoms with E-state index >= 15 is 0 Å². The second kappa shape index (κ2) is 12.7. The number of para-hydroxylation sites is 1. The third kappa shape index (κ3) is 4.38. The largest absolute Gasteiger partial charge is 0.247 e. The normalized spacial score (nSPS) is 13.3. The summed E-state index contributed by atoms with van der Waals surface area (Å²) in [5.74, 6) is 0. The van der Waals surface area contributed by atoms with E-state index in [-0.39, 0.29) is 0 Å². The van der Waals surface area contributed by atoms with E-state index in [2.05, 4.69) is 224 Å². The molecule has 9 aromatic carbocycles. The van der Waals surface area contributed by atoms with Crippen molar-refractivity contribution in [3.05, 3.63) is 247 Å². The van der Waals surface area contributed by atoms with Crippen LogP contribution in [0.3, 0.4) is 0 Å². The molecule has 58 heavy (non-hydrogen) atoms. The molecule has 0 saturated heterocycles. The maximum atomic E-state index is 5.49. The highest BCUT2D eigenvalue weighted by molar-refractivity contribution is 7.19. The van der Waals surface area contributed by atoms with Gasteiger partial charge in [-0.15, -0.1) is 0 Å². The van der Waals surface area contributed by atoms with Gasteiger partial charge in [0.1, 0.15) is 0 Å². The summed E-state index contributed by atoms with van der Waals surface area (Å²) < 4.78 is 0. The van der Waals surface area contributed by atoms with E-state index in [0.717, 1.165) is 16.8 Å². The smallest absolute Gasteiger partial charge is 0.179 e. The van der Waals surface area contributed by atoms with Gasteiger partial charge >= 0.3 is 0 Å². The molecule has 2 aliphatic rings. The van der Waals surface area contributed by atoms with Crippen LogP contribution in [0.25, 0.3) is 55.2 Å². The first-order chi connectivity index (χ1) is 28.8. The van der Waals surface area contributed by atoms with E-state index in [0.29, 0.717) is 0 Å². The Kier molecular flexibility index (Phi) is 7.23. The maximum Gasteiger partial charge on any atom is 0.179 e. The molecule has 0 unspecified atom stereocenters. The first-order valence-corrected chi connectivity index (χ1v) is 22.2. The molecule has 2 heteroatoms. The Hall–Kier alpha value is -7.13. The summed E-state index contributed by atoms with van der Waals surface area (Å²) in [4.78, 5) is 5.49. The van der Waals surface area contributed by atoms with Crippen LogP contribution in [0.15, 0.2) is 224 Å². The average molecular weight is 752 g/mol. The van der Waals surface area contributed by atoms with Crippen LogP contribution >= 0.6 is 0 Å².